The number of carbonyl (C=O) groups excluding carboxylic acids is 1. The molecule has 1 amide bonds. The van der Waals surface area contributed by atoms with Crippen LogP contribution < -0.4 is 10.2 Å². The van der Waals surface area contributed by atoms with Gasteiger partial charge in [-0.1, -0.05) is 18.2 Å². The molecule has 16 heavy (non-hydrogen) atoms. The van der Waals surface area contributed by atoms with Crippen LogP contribution in [0.15, 0.2) is 24.3 Å². The van der Waals surface area contributed by atoms with Crippen molar-refractivity contribution in [3.63, 3.8) is 0 Å². The maximum absolute atomic E-state index is 11.7. The molecule has 1 heterocycles. The predicted molar refractivity (Wildman–Crippen MR) is 63.5 cm³/mol. The first kappa shape index (κ1) is 9.70. The average molecular weight is 216 g/mol. The summed E-state index contributed by atoms with van der Waals surface area (Å²) in [6, 6.07) is 8.81. The zero-order valence-corrected chi connectivity index (χ0v) is 9.28. The third-order valence-electron chi connectivity index (χ3n) is 3.26. The van der Waals surface area contributed by atoms with E-state index in [1.165, 1.54) is 11.3 Å². The lowest BCUT2D eigenvalue weighted by Gasteiger charge is -2.18. The molecule has 1 aromatic carbocycles. The van der Waals surface area contributed by atoms with Crippen LogP contribution in [0, 0.1) is 0 Å². The van der Waals surface area contributed by atoms with Crippen molar-refractivity contribution in [2.75, 3.05) is 18.0 Å². The minimum atomic E-state index is 0.166. The van der Waals surface area contributed by atoms with Gasteiger partial charge < -0.3 is 10.2 Å². The van der Waals surface area contributed by atoms with E-state index < -0.39 is 0 Å². The molecule has 0 radical (unpaired) electrons. The van der Waals surface area contributed by atoms with Crippen LogP contribution in [0.4, 0.5) is 5.69 Å². The SMILES string of the molecule is O=C(CN1CCc2ccccc21)NC1CC1. The summed E-state index contributed by atoms with van der Waals surface area (Å²) in [7, 11) is 0. The van der Waals surface area contributed by atoms with Gasteiger partial charge in [-0.25, -0.2) is 0 Å². The van der Waals surface area contributed by atoms with E-state index in [0.717, 1.165) is 25.8 Å². The Morgan fingerprint density at radius 1 is 1.38 bits per heavy atom. The van der Waals surface area contributed by atoms with Crippen LogP contribution in [0.5, 0.6) is 0 Å². The van der Waals surface area contributed by atoms with Crippen molar-refractivity contribution in [2.24, 2.45) is 0 Å². The molecule has 3 heteroatoms. The van der Waals surface area contributed by atoms with Crippen molar-refractivity contribution in [3.05, 3.63) is 29.8 Å². The zero-order chi connectivity index (χ0) is 11.0. The number of nitrogens with one attached hydrogen (secondary N) is 1. The number of fused-ring (bicyclic) bond motifs is 1. The van der Waals surface area contributed by atoms with Gasteiger partial charge in [-0.05, 0) is 30.9 Å². The quantitative estimate of drug-likeness (QED) is 0.826. The van der Waals surface area contributed by atoms with Crippen molar-refractivity contribution in [3.8, 4) is 0 Å². The van der Waals surface area contributed by atoms with Crippen molar-refractivity contribution >= 4 is 11.6 Å². The maximum atomic E-state index is 11.7. The largest absolute Gasteiger partial charge is 0.362 e. The van der Waals surface area contributed by atoms with Crippen LogP contribution in [0.2, 0.25) is 0 Å². The van der Waals surface area contributed by atoms with Crippen LogP contribution in [-0.2, 0) is 11.2 Å². The van der Waals surface area contributed by atoms with Gasteiger partial charge >= 0.3 is 0 Å². The first-order chi connectivity index (χ1) is 7.83. The molecule has 3 rings (SSSR count). The predicted octanol–water partition coefficient (Wildman–Crippen LogP) is 1.33. The molecule has 0 spiro atoms. The number of anilines is 1. The highest BCUT2D eigenvalue weighted by Crippen LogP contribution is 2.27. The number of benzene rings is 1. The zero-order valence-electron chi connectivity index (χ0n) is 9.28. The highest BCUT2D eigenvalue weighted by atomic mass is 16.2. The number of rotatable bonds is 3. The molecule has 84 valence electrons. The summed E-state index contributed by atoms with van der Waals surface area (Å²) in [5.74, 6) is 0.166. The van der Waals surface area contributed by atoms with Crippen LogP contribution in [-0.4, -0.2) is 25.0 Å². The summed E-state index contributed by atoms with van der Waals surface area (Å²) in [5, 5.41) is 3.03. The Bertz CT molecular complexity index is 412. The van der Waals surface area contributed by atoms with Crippen LogP contribution >= 0.6 is 0 Å². The molecule has 0 unspecified atom stereocenters. The van der Waals surface area contributed by atoms with Gasteiger partial charge in [-0.2, -0.15) is 0 Å². The molecule has 1 aromatic rings. The van der Waals surface area contributed by atoms with E-state index in [1.54, 1.807) is 0 Å². The summed E-state index contributed by atoms with van der Waals surface area (Å²) in [5.41, 5.74) is 2.59. The normalized spacial score (nSPS) is 18.4. The number of hydrogen-bond donors (Lipinski definition) is 1. The van der Waals surface area contributed by atoms with Crippen LogP contribution in [0.3, 0.4) is 0 Å². The summed E-state index contributed by atoms with van der Waals surface area (Å²) in [4.78, 5) is 13.9. The standard InChI is InChI=1S/C13H16N2O/c16-13(14-11-5-6-11)9-15-8-7-10-3-1-2-4-12(10)15/h1-4,11H,5-9H2,(H,14,16). The fraction of sp³-hybridized carbons (Fsp3) is 0.462. The van der Waals surface area contributed by atoms with Gasteiger partial charge in [-0.3, -0.25) is 4.79 Å². The Hall–Kier alpha value is -1.51. The Labute approximate surface area is 95.4 Å². The molecule has 1 N–H and O–H groups in total. The van der Waals surface area contributed by atoms with Crippen molar-refractivity contribution in [1.82, 2.24) is 5.32 Å². The van der Waals surface area contributed by atoms with Crippen molar-refractivity contribution < 1.29 is 4.79 Å². The van der Waals surface area contributed by atoms with E-state index in [2.05, 4.69) is 28.4 Å². The third kappa shape index (κ3) is 1.90. The van der Waals surface area contributed by atoms with E-state index in [9.17, 15) is 4.79 Å². The van der Waals surface area contributed by atoms with Gasteiger partial charge in [0.1, 0.15) is 0 Å². The Morgan fingerprint density at radius 2 is 2.19 bits per heavy atom. The van der Waals surface area contributed by atoms with Gasteiger partial charge in [-0.15, -0.1) is 0 Å². The number of para-hydroxylation sites is 1. The van der Waals surface area contributed by atoms with Gasteiger partial charge in [0.25, 0.3) is 0 Å². The average Bonchev–Trinajstić information content (AvgIpc) is 3.00. The number of hydrogen-bond acceptors (Lipinski definition) is 2. The first-order valence-electron chi connectivity index (χ1n) is 5.95. The summed E-state index contributed by atoms with van der Waals surface area (Å²) >= 11 is 0. The minimum absolute atomic E-state index is 0.166. The number of amides is 1. The smallest absolute Gasteiger partial charge is 0.239 e. The van der Waals surface area contributed by atoms with E-state index in [1.807, 2.05) is 6.07 Å². The molecule has 0 aromatic heterocycles. The summed E-state index contributed by atoms with van der Waals surface area (Å²) in [6.07, 6.45) is 3.37. The molecule has 2 aliphatic rings. The highest BCUT2D eigenvalue weighted by Gasteiger charge is 2.25. The lowest BCUT2D eigenvalue weighted by molar-refractivity contribution is -0.119. The molecular weight excluding hydrogens is 200 g/mol. The minimum Gasteiger partial charge on any atom is -0.362 e. The van der Waals surface area contributed by atoms with E-state index in [0.29, 0.717) is 12.6 Å². The maximum Gasteiger partial charge on any atom is 0.239 e. The molecule has 3 nitrogen and oxygen atoms in total. The second-order valence-electron chi connectivity index (χ2n) is 4.64. The fourth-order valence-electron chi connectivity index (χ4n) is 2.25. The molecule has 1 saturated carbocycles. The number of carbonyl (C=O) groups is 1. The molecule has 1 aliphatic carbocycles. The van der Waals surface area contributed by atoms with Crippen molar-refractivity contribution in [2.45, 2.75) is 25.3 Å². The van der Waals surface area contributed by atoms with Gasteiger partial charge in [0.05, 0.1) is 6.54 Å². The second-order valence-corrected chi connectivity index (χ2v) is 4.64. The molecular formula is C13H16N2O. The lowest BCUT2D eigenvalue weighted by atomic mass is 10.2. The Kier molecular flexibility index (Phi) is 2.31. The van der Waals surface area contributed by atoms with Crippen LogP contribution in [0.1, 0.15) is 18.4 Å². The van der Waals surface area contributed by atoms with E-state index >= 15 is 0 Å². The third-order valence-corrected chi connectivity index (χ3v) is 3.26. The molecule has 0 atom stereocenters. The van der Waals surface area contributed by atoms with Gasteiger partial charge in [0, 0.05) is 18.3 Å². The lowest BCUT2D eigenvalue weighted by Crippen LogP contribution is -2.37. The molecule has 0 bridgehead atoms. The molecule has 1 aliphatic heterocycles. The number of nitrogens with zero attached hydrogens (tertiary/aromatic N) is 1. The Balaban J connectivity index is 1.65. The first-order valence-corrected chi connectivity index (χ1v) is 5.95. The fourth-order valence-corrected chi connectivity index (χ4v) is 2.25. The van der Waals surface area contributed by atoms with Crippen molar-refractivity contribution in [1.29, 1.82) is 0 Å². The molecule has 1 fully saturated rings. The van der Waals surface area contributed by atoms with Gasteiger partial charge in [0.15, 0.2) is 0 Å². The second kappa shape index (κ2) is 3.81. The van der Waals surface area contributed by atoms with E-state index in [-0.39, 0.29) is 5.91 Å². The topological polar surface area (TPSA) is 32.3 Å². The van der Waals surface area contributed by atoms with E-state index in [4.69, 9.17) is 0 Å². The summed E-state index contributed by atoms with van der Waals surface area (Å²) < 4.78 is 0. The monoisotopic (exact) mass is 216 g/mol. The molecule has 0 saturated heterocycles. The van der Waals surface area contributed by atoms with Crippen LogP contribution in [0.25, 0.3) is 0 Å². The Morgan fingerprint density at radius 3 is 3.00 bits per heavy atom. The highest BCUT2D eigenvalue weighted by molar-refractivity contribution is 5.82. The van der Waals surface area contributed by atoms with Gasteiger partial charge in [0.2, 0.25) is 5.91 Å². The summed E-state index contributed by atoms with van der Waals surface area (Å²) in [6.45, 7) is 1.48.